The van der Waals surface area contributed by atoms with Crippen LogP contribution in [0.15, 0.2) is 77.8 Å². The van der Waals surface area contributed by atoms with E-state index in [9.17, 15) is 0 Å². The highest BCUT2D eigenvalue weighted by Crippen LogP contribution is 2.55. The molecule has 0 aliphatic carbocycles. The normalized spacial score (nSPS) is 24.7. The van der Waals surface area contributed by atoms with Gasteiger partial charge in [0.15, 0.2) is 17.4 Å². The number of benzene rings is 1. The van der Waals surface area contributed by atoms with Crippen molar-refractivity contribution in [1.82, 2.24) is 9.97 Å². The van der Waals surface area contributed by atoms with Gasteiger partial charge in [0.25, 0.3) is 6.02 Å². The Bertz CT molecular complexity index is 1300. The lowest BCUT2D eigenvalue weighted by Crippen LogP contribution is -2.42. The molecule has 0 radical (unpaired) electrons. The average Bonchev–Trinajstić information content (AvgIpc) is 3.17. The first kappa shape index (κ1) is 19.9. The van der Waals surface area contributed by atoms with E-state index in [1.165, 1.54) is 0 Å². The molecule has 0 fully saturated rings. The molecular weight excluding hydrogens is 416 g/mol. The van der Waals surface area contributed by atoms with Gasteiger partial charge in [-0.15, -0.1) is 0 Å². The van der Waals surface area contributed by atoms with Crippen LogP contribution < -0.4 is 10.5 Å². The second-order valence-corrected chi connectivity index (χ2v) is 9.06. The van der Waals surface area contributed by atoms with Crippen molar-refractivity contribution in [1.29, 1.82) is 0 Å². The van der Waals surface area contributed by atoms with Gasteiger partial charge in [-0.05, 0) is 55.7 Å². The molecule has 3 aromatic rings. The van der Waals surface area contributed by atoms with Crippen molar-refractivity contribution in [3.8, 4) is 22.6 Å². The van der Waals surface area contributed by atoms with Gasteiger partial charge in [0, 0.05) is 35.3 Å². The van der Waals surface area contributed by atoms with Gasteiger partial charge in [0.1, 0.15) is 5.75 Å². The Morgan fingerprint density at radius 3 is 2.67 bits per heavy atom. The molecule has 2 aromatic heterocycles. The fourth-order valence-electron chi connectivity index (χ4n) is 5.08. The van der Waals surface area contributed by atoms with E-state index in [1.54, 1.807) is 18.6 Å². The summed E-state index contributed by atoms with van der Waals surface area (Å²) in [6.07, 6.45) is 9.53. The molecule has 33 heavy (non-hydrogen) atoms. The maximum atomic E-state index is 6.28. The molecule has 3 aliphatic heterocycles. The van der Waals surface area contributed by atoms with Crippen LogP contribution in [0.25, 0.3) is 11.1 Å². The Morgan fingerprint density at radius 1 is 0.970 bits per heavy atom. The van der Waals surface area contributed by atoms with Crippen molar-refractivity contribution in [2.75, 3.05) is 6.61 Å². The van der Waals surface area contributed by atoms with Gasteiger partial charge in [-0.25, -0.2) is 4.99 Å². The largest absolute Gasteiger partial charge is 0.455 e. The second kappa shape index (κ2) is 7.15. The van der Waals surface area contributed by atoms with E-state index in [4.69, 9.17) is 24.9 Å². The van der Waals surface area contributed by atoms with Crippen LogP contribution in [0.4, 0.5) is 0 Å². The van der Waals surface area contributed by atoms with Crippen molar-refractivity contribution < 1.29 is 14.2 Å². The third kappa shape index (κ3) is 3.11. The third-order valence-electron chi connectivity index (χ3n) is 6.44. The van der Waals surface area contributed by atoms with Crippen molar-refractivity contribution >= 4 is 6.02 Å². The molecule has 2 atom stereocenters. The summed E-state index contributed by atoms with van der Waals surface area (Å²) in [5.41, 5.74) is 9.89. The third-order valence-corrected chi connectivity index (χ3v) is 6.44. The van der Waals surface area contributed by atoms with Crippen LogP contribution in [0.5, 0.6) is 11.5 Å². The van der Waals surface area contributed by atoms with Gasteiger partial charge in [0.05, 0.1) is 18.4 Å². The number of fused-ring (bicyclic) bond motifs is 4. The van der Waals surface area contributed by atoms with E-state index in [0.29, 0.717) is 18.1 Å². The van der Waals surface area contributed by atoms with Crippen molar-refractivity contribution in [3.63, 3.8) is 0 Å². The molecule has 166 valence electrons. The van der Waals surface area contributed by atoms with Crippen LogP contribution >= 0.6 is 0 Å². The van der Waals surface area contributed by atoms with Gasteiger partial charge >= 0.3 is 0 Å². The molecule has 0 saturated heterocycles. The average molecular weight is 441 g/mol. The first-order chi connectivity index (χ1) is 16.0. The molecule has 0 bridgehead atoms. The van der Waals surface area contributed by atoms with Gasteiger partial charge in [-0.2, -0.15) is 0 Å². The monoisotopic (exact) mass is 440 g/mol. The number of aromatic nitrogens is 2. The minimum absolute atomic E-state index is 0.160. The lowest BCUT2D eigenvalue weighted by Gasteiger charge is -2.40. The van der Waals surface area contributed by atoms with Crippen LogP contribution in [0.2, 0.25) is 0 Å². The fourth-order valence-corrected chi connectivity index (χ4v) is 5.08. The van der Waals surface area contributed by atoms with Crippen molar-refractivity contribution in [3.05, 3.63) is 84.0 Å². The maximum absolute atomic E-state index is 6.28. The predicted octanol–water partition coefficient (Wildman–Crippen LogP) is 4.33. The summed E-state index contributed by atoms with van der Waals surface area (Å²) in [6, 6.07) is 12.2. The Hall–Kier alpha value is -3.71. The highest BCUT2D eigenvalue weighted by atomic mass is 16.5. The highest BCUT2D eigenvalue weighted by molar-refractivity contribution is 5.79. The SMILES string of the molecule is CC1(C)C=C(C2OC(N)=NC23c2ccncc2Oc2ccc(-c4cccnc4)cc23)CCO1. The number of ether oxygens (including phenoxy) is 3. The minimum Gasteiger partial charge on any atom is -0.455 e. The summed E-state index contributed by atoms with van der Waals surface area (Å²) in [7, 11) is 0. The molecular formula is C26H24N4O3. The first-order valence-corrected chi connectivity index (χ1v) is 11.0. The summed E-state index contributed by atoms with van der Waals surface area (Å²) in [5, 5.41) is 0. The lowest BCUT2D eigenvalue weighted by molar-refractivity contribution is 0.00485. The van der Waals surface area contributed by atoms with Gasteiger partial charge in [-0.1, -0.05) is 18.2 Å². The number of hydrogen-bond acceptors (Lipinski definition) is 7. The zero-order chi connectivity index (χ0) is 22.6. The number of hydrogen-bond donors (Lipinski definition) is 1. The molecule has 6 rings (SSSR count). The molecule has 7 heteroatoms. The lowest BCUT2D eigenvalue weighted by atomic mass is 9.73. The van der Waals surface area contributed by atoms with E-state index < -0.39 is 17.2 Å². The fraction of sp³-hybridized carbons (Fsp3) is 0.269. The van der Waals surface area contributed by atoms with Crippen molar-refractivity contribution in [2.24, 2.45) is 10.7 Å². The minimum atomic E-state index is -0.895. The summed E-state index contributed by atoms with van der Waals surface area (Å²) in [4.78, 5) is 13.5. The number of aliphatic imine (C=N–C) groups is 1. The second-order valence-electron chi connectivity index (χ2n) is 9.06. The molecule has 2 unspecified atom stereocenters. The van der Waals surface area contributed by atoms with E-state index in [0.717, 1.165) is 34.2 Å². The Kier molecular flexibility index (Phi) is 4.32. The Morgan fingerprint density at radius 2 is 1.85 bits per heavy atom. The molecule has 3 aliphatic rings. The Labute approximate surface area is 192 Å². The molecule has 0 amide bonds. The van der Waals surface area contributed by atoms with Gasteiger partial charge < -0.3 is 19.9 Å². The van der Waals surface area contributed by atoms with E-state index in [1.807, 2.05) is 50.4 Å². The van der Waals surface area contributed by atoms with Crippen LogP contribution in [0, 0.1) is 0 Å². The van der Waals surface area contributed by atoms with E-state index in [-0.39, 0.29) is 6.02 Å². The van der Waals surface area contributed by atoms with Gasteiger partial charge in [-0.3, -0.25) is 9.97 Å². The first-order valence-electron chi connectivity index (χ1n) is 11.0. The van der Waals surface area contributed by atoms with Crippen molar-refractivity contribution in [2.45, 2.75) is 37.5 Å². The predicted molar refractivity (Wildman–Crippen MR) is 124 cm³/mol. The summed E-state index contributed by atoms with van der Waals surface area (Å²) in [5.74, 6) is 1.36. The maximum Gasteiger partial charge on any atom is 0.284 e. The summed E-state index contributed by atoms with van der Waals surface area (Å²) < 4.78 is 18.5. The quantitative estimate of drug-likeness (QED) is 0.597. The number of pyridine rings is 2. The number of rotatable bonds is 2. The summed E-state index contributed by atoms with van der Waals surface area (Å²) >= 11 is 0. The van der Waals surface area contributed by atoms with Crippen LogP contribution in [0.1, 0.15) is 31.4 Å². The number of nitrogens with two attached hydrogens (primary N) is 1. The number of nitrogens with zero attached hydrogens (tertiary/aromatic N) is 3. The zero-order valence-corrected chi connectivity index (χ0v) is 18.5. The zero-order valence-electron chi connectivity index (χ0n) is 18.5. The van der Waals surface area contributed by atoms with Crippen LogP contribution in [-0.4, -0.2) is 34.3 Å². The molecule has 2 N–H and O–H groups in total. The van der Waals surface area contributed by atoms with E-state index >= 15 is 0 Å². The van der Waals surface area contributed by atoms with E-state index in [2.05, 4.69) is 22.1 Å². The molecule has 5 heterocycles. The molecule has 1 aromatic carbocycles. The highest BCUT2D eigenvalue weighted by Gasteiger charge is 2.55. The molecule has 1 spiro atoms. The summed E-state index contributed by atoms with van der Waals surface area (Å²) in [6.45, 7) is 4.71. The van der Waals surface area contributed by atoms with Gasteiger partial charge in [0.2, 0.25) is 0 Å². The topological polar surface area (TPSA) is 91.9 Å². The van der Waals surface area contributed by atoms with Crippen LogP contribution in [0.3, 0.4) is 0 Å². The smallest absolute Gasteiger partial charge is 0.284 e. The Balaban J connectivity index is 1.61. The molecule has 0 saturated carbocycles. The standard InChI is InChI=1S/C26H24N4O3/c1-25(2)13-17(8-11-31-25)23-26(30-24(27)33-23)19-7-10-29-15-22(19)32-21-6-5-16(12-20(21)26)18-4-3-9-28-14-18/h3-7,9-10,12-15,23H,8,11H2,1-2H3,(H2,27,30). The number of amidine groups is 1. The van der Waals surface area contributed by atoms with Crippen LogP contribution in [-0.2, 0) is 15.0 Å². The molecule has 7 nitrogen and oxygen atoms in total.